The van der Waals surface area contributed by atoms with E-state index in [9.17, 15) is 23.3 Å². The fourth-order valence-electron chi connectivity index (χ4n) is 3.38. The van der Waals surface area contributed by atoms with E-state index in [2.05, 4.69) is 4.99 Å². The lowest BCUT2D eigenvalue weighted by molar-refractivity contribution is -0.536. The maximum absolute atomic E-state index is 13.5. The third kappa shape index (κ3) is 3.48. The van der Waals surface area contributed by atoms with Gasteiger partial charge in [0, 0.05) is 29.4 Å². The van der Waals surface area contributed by atoms with E-state index in [1.807, 2.05) is 52.8 Å². The maximum atomic E-state index is 13.5. The van der Waals surface area contributed by atoms with Crippen LogP contribution >= 0.6 is 0 Å². The van der Waals surface area contributed by atoms with Gasteiger partial charge in [-0.25, -0.2) is 0 Å². The minimum absolute atomic E-state index is 0.295. The van der Waals surface area contributed by atoms with Gasteiger partial charge >= 0.3 is 6.18 Å². The molecule has 4 nitrogen and oxygen atoms in total. The molecule has 0 saturated heterocycles. The van der Waals surface area contributed by atoms with Crippen molar-refractivity contribution in [3.05, 3.63) is 45.0 Å². The number of halogens is 3. The number of aliphatic imine (C=N–C) groups is 1. The second-order valence-corrected chi connectivity index (χ2v) is 8.17. The van der Waals surface area contributed by atoms with E-state index in [-0.39, 0.29) is 5.41 Å². The van der Waals surface area contributed by atoms with E-state index in [1.54, 1.807) is 0 Å². The van der Waals surface area contributed by atoms with E-state index in [1.165, 1.54) is 0 Å². The first-order valence-corrected chi connectivity index (χ1v) is 8.59. The van der Waals surface area contributed by atoms with Gasteiger partial charge in [0.2, 0.25) is 6.04 Å². The SMILES string of the molecule is Cc1ccc2c(c1)C(CC(C(C)[N+](=O)[O-])C(F)(F)F)=NC(C)(C)C2(C)C. The third-order valence-electron chi connectivity index (χ3n) is 5.85. The topological polar surface area (TPSA) is 55.5 Å². The van der Waals surface area contributed by atoms with Crippen molar-refractivity contribution in [1.82, 2.24) is 0 Å². The molecule has 2 rings (SSSR count). The van der Waals surface area contributed by atoms with Gasteiger partial charge < -0.3 is 0 Å². The lowest BCUT2D eigenvalue weighted by Crippen LogP contribution is -2.47. The zero-order valence-corrected chi connectivity index (χ0v) is 15.9. The summed E-state index contributed by atoms with van der Waals surface area (Å²) < 4.78 is 40.6. The Morgan fingerprint density at radius 3 is 2.31 bits per heavy atom. The highest BCUT2D eigenvalue weighted by Crippen LogP contribution is 2.45. The Labute approximate surface area is 151 Å². The molecule has 0 aromatic heterocycles. The van der Waals surface area contributed by atoms with Gasteiger partial charge in [0.05, 0.1) is 5.54 Å². The van der Waals surface area contributed by atoms with Crippen LogP contribution in [-0.2, 0) is 5.41 Å². The molecule has 0 bridgehead atoms. The zero-order chi connectivity index (χ0) is 20.1. The Kier molecular flexibility index (Phi) is 4.98. The Morgan fingerprint density at radius 2 is 1.81 bits per heavy atom. The summed E-state index contributed by atoms with van der Waals surface area (Å²) in [6.45, 7) is 10.7. The van der Waals surface area contributed by atoms with Crippen LogP contribution < -0.4 is 0 Å². The molecule has 0 radical (unpaired) electrons. The first-order valence-electron chi connectivity index (χ1n) is 8.59. The van der Waals surface area contributed by atoms with Gasteiger partial charge in [-0.05, 0) is 38.0 Å². The molecule has 7 heteroatoms. The van der Waals surface area contributed by atoms with Gasteiger partial charge in [0.15, 0.2) is 0 Å². The molecule has 0 aliphatic carbocycles. The predicted molar refractivity (Wildman–Crippen MR) is 95.4 cm³/mol. The van der Waals surface area contributed by atoms with Crippen molar-refractivity contribution in [2.24, 2.45) is 10.9 Å². The van der Waals surface area contributed by atoms with E-state index in [0.717, 1.165) is 18.1 Å². The molecule has 0 fully saturated rings. The first-order chi connectivity index (χ1) is 11.7. The molecule has 0 saturated carbocycles. The van der Waals surface area contributed by atoms with E-state index >= 15 is 0 Å². The Hall–Kier alpha value is -1.92. The number of benzene rings is 1. The summed E-state index contributed by atoms with van der Waals surface area (Å²) in [6.07, 6.45) is -5.17. The molecule has 0 spiro atoms. The number of hydrogen-bond donors (Lipinski definition) is 0. The molecule has 1 aliphatic rings. The standard InChI is InChI=1S/C19H25F3N2O2/c1-11-7-8-14-13(9-11)16(23-18(5,6)17(14,3)4)10-15(19(20,21)22)12(2)24(25)26/h7-9,12,15H,10H2,1-6H3. The molecule has 144 valence electrons. The van der Waals surface area contributed by atoms with E-state index in [0.29, 0.717) is 11.3 Å². The molecule has 1 aromatic rings. The number of fused-ring (bicyclic) bond motifs is 1. The minimum atomic E-state index is -4.67. The molecular weight excluding hydrogens is 345 g/mol. The van der Waals surface area contributed by atoms with Crippen LogP contribution in [0.5, 0.6) is 0 Å². The molecule has 2 unspecified atom stereocenters. The lowest BCUT2D eigenvalue weighted by Gasteiger charge is -2.45. The summed E-state index contributed by atoms with van der Waals surface area (Å²) >= 11 is 0. The smallest absolute Gasteiger partial charge is 0.282 e. The number of aryl methyl sites for hydroxylation is 1. The van der Waals surface area contributed by atoms with Crippen molar-refractivity contribution in [2.45, 2.75) is 71.1 Å². The quantitative estimate of drug-likeness (QED) is 0.548. The normalized spacial score (nSPS) is 20.7. The summed E-state index contributed by atoms with van der Waals surface area (Å²) in [4.78, 5) is 14.8. The van der Waals surface area contributed by atoms with Crippen LogP contribution in [0, 0.1) is 23.0 Å². The Bertz CT molecular complexity index is 752. The number of rotatable bonds is 4. The molecule has 1 heterocycles. The molecule has 2 atom stereocenters. The predicted octanol–water partition coefficient (Wildman–Crippen LogP) is 5.09. The van der Waals surface area contributed by atoms with Gasteiger partial charge in [-0.15, -0.1) is 0 Å². The van der Waals surface area contributed by atoms with Crippen LogP contribution in [0.25, 0.3) is 0 Å². The highest BCUT2D eigenvalue weighted by Gasteiger charge is 2.51. The third-order valence-corrected chi connectivity index (χ3v) is 5.85. The largest absolute Gasteiger partial charge is 0.398 e. The fraction of sp³-hybridized carbons (Fsp3) is 0.632. The molecule has 1 aromatic carbocycles. The van der Waals surface area contributed by atoms with Crippen LogP contribution in [0.2, 0.25) is 0 Å². The van der Waals surface area contributed by atoms with E-state index in [4.69, 9.17) is 0 Å². The Morgan fingerprint density at radius 1 is 1.23 bits per heavy atom. The van der Waals surface area contributed by atoms with Gasteiger partial charge in [-0.2, -0.15) is 13.2 Å². The molecule has 0 N–H and O–H groups in total. The van der Waals surface area contributed by atoms with Gasteiger partial charge in [-0.3, -0.25) is 15.1 Å². The molecular formula is C19H25F3N2O2. The highest BCUT2D eigenvalue weighted by molar-refractivity contribution is 6.04. The average Bonchev–Trinajstić information content (AvgIpc) is 2.47. The summed E-state index contributed by atoms with van der Waals surface area (Å²) in [5, 5.41) is 11.0. The van der Waals surface area contributed by atoms with Crippen molar-refractivity contribution >= 4 is 5.71 Å². The Balaban J connectivity index is 2.59. The number of alkyl halides is 3. The van der Waals surface area contributed by atoms with Crippen molar-refractivity contribution in [2.75, 3.05) is 0 Å². The number of nitrogens with zero attached hydrogens (tertiary/aromatic N) is 2. The second kappa shape index (κ2) is 6.35. The number of hydrogen-bond acceptors (Lipinski definition) is 3. The summed E-state index contributed by atoms with van der Waals surface area (Å²) in [5.41, 5.74) is 1.80. The first kappa shape index (κ1) is 20.4. The average molecular weight is 370 g/mol. The van der Waals surface area contributed by atoms with Crippen molar-refractivity contribution < 1.29 is 18.1 Å². The van der Waals surface area contributed by atoms with E-state index < -0.39 is 35.0 Å². The molecule has 0 amide bonds. The van der Waals surface area contributed by atoms with Crippen LogP contribution in [0.3, 0.4) is 0 Å². The summed E-state index contributed by atoms with van der Waals surface area (Å²) in [6, 6.07) is 3.96. The highest BCUT2D eigenvalue weighted by atomic mass is 19.4. The maximum Gasteiger partial charge on any atom is 0.398 e. The molecule has 26 heavy (non-hydrogen) atoms. The van der Waals surface area contributed by atoms with Gasteiger partial charge in [0.25, 0.3) is 0 Å². The van der Waals surface area contributed by atoms with Crippen LogP contribution in [0.1, 0.15) is 57.7 Å². The van der Waals surface area contributed by atoms with Crippen LogP contribution in [0.4, 0.5) is 13.2 Å². The van der Waals surface area contributed by atoms with Gasteiger partial charge in [0.1, 0.15) is 5.92 Å². The zero-order valence-electron chi connectivity index (χ0n) is 15.9. The van der Waals surface area contributed by atoms with Crippen molar-refractivity contribution in [3.8, 4) is 0 Å². The number of nitro groups is 1. The minimum Gasteiger partial charge on any atom is -0.282 e. The lowest BCUT2D eigenvalue weighted by atomic mass is 9.65. The van der Waals surface area contributed by atoms with Crippen LogP contribution in [-0.4, -0.2) is 28.4 Å². The van der Waals surface area contributed by atoms with Crippen molar-refractivity contribution in [1.29, 1.82) is 0 Å². The van der Waals surface area contributed by atoms with Crippen LogP contribution in [0.15, 0.2) is 23.2 Å². The second-order valence-electron chi connectivity index (χ2n) is 8.17. The summed E-state index contributed by atoms with van der Waals surface area (Å²) in [7, 11) is 0. The monoisotopic (exact) mass is 370 g/mol. The fourth-order valence-corrected chi connectivity index (χ4v) is 3.38. The van der Waals surface area contributed by atoms with Crippen molar-refractivity contribution in [3.63, 3.8) is 0 Å². The van der Waals surface area contributed by atoms with Gasteiger partial charge in [-0.1, -0.05) is 31.5 Å². The summed E-state index contributed by atoms with van der Waals surface area (Å²) in [5.74, 6) is -2.08. The molecule has 1 aliphatic heterocycles.